The molecule has 4 saturated heterocycles. The van der Waals surface area contributed by atoms with Crippen LogP contribution in [0.5, 0.6) is 0 Å². The first-order chi connectivity index (χ1) is 20.1. The molecule has 7 rings (SSSR count). The van der Waals surface area contributed by atoms with E-state index in [0.717, 1.165) is 25.9 Å². The van der Waals surface area contributed by atoms with Gasteiger partial charge in [-0.05, 0) is 44.2 Å². The van der Waals surface area contributed by atoms with Crippen molar-refractivity contribution in [2.45, 2.75) is 63.0 Å². The molecule has 6 heterocycles. The molecule has 5 atom stereocenters. The molecule has 1 aliphatic carbocycles. The van der Waals surface area contributed by atoms with Crippen LogP contribution in [0, 0.1) is 12.8 Å². The first-order valence-corrected chi connectivity index (χ1v) is 14.9. The van der Waals surface area contributed by atoms with Crippen LogP contribution in [0.25, 0.3) is 0 Å². The highest BCUT2D eigenvalue weighted by atomic mass is 19.4. The molecule has 42 heavy (non-hydrogen) atoms. The van der Waals surface area contributed by atoms with Gasteiger partial charge < -0.3 is 19.4 Å². The summed E-state index contributed by atoms with van der Waals surface area (Å²) in [6.45, 7) is 13.0. The van der Waals surface area contributed by atoms with Crippen LogP contribution in [0.2, 0.25) is 0 Å². The number of piperidine rings is 1. The van der Waals surface area contributed by atoms with Crippen molar-refractivity contribution in [1.29, 1.82) is 0 Å². The number of anilines is 2. The van der Waals surface area contributed by atoms with Gasteiger partial charge in [-0.15, -0.1) is 0 Å². The van der Waals surface area contributed by atoms with Crippen molar-refractivity contribution in [3.63, 3.8) is 0 Å². The average Bonchev–Trinajstić information content (AvgIpc) is 3.67. The highest BCUT2D eigenvalue weighted by Gasteiger charge is 2.53. The van der Waals surface area contributed by atoms with Gasteiger partial charge in [-0.2, -0.15) is 18.3 Å². The zero-order chi connectivity index (χ0) is 29.3. The van der Waals surface area contributed by atoms with Crippen LogP contribution in [0.15, 0.2) is 24.9 Å². The maximum Gasteiger partial charge on any atom is 0.451 e. The number of fused-ring (bicyclic) bond motifs is 1. The van der Waals surface area contributed by atoms with Gasteiger partial charge in [0.25, 0.3) is 0 Å². The maximum absolute atomic E-state index is 14.0. The molecule has 1 saturated carbocycles. The minimum absolute atomic E-state index is 0.00588. The summed E-state index contributed by atoms with van der Waals surface area (Å²) in [5.74, 6) is 0.233. The number of aromatic nitrogens is 4. The number of carbonyl (C=O) groups is 1. The Balaban J connectivity index is 1.07. The zero-order valence-corrected chi connectivity index (χ0v) is 24.0. The molecule has 2 aromatic heterocycles. The van der Waals surface area contributed by atoms with Crippen LogP contribution in [0.3, 0.4) is 0 Å². The fourth-order valence-corrected chi connectivity index (χ4v) is 7.41. The van der Waals surface area contributed by atoms with Crippen LogP contribution < -0.4 is 9.80 Å². The van der Waals surface area contributed by atoms with Crippen molar-refractivity contribution in [3.05, 3.63) is 42.0 Å². The SMILES string of the molecule is C=CC(=O)N1CCN([C@@H]2CN(c3cc(N4CC[C@H](c5c(C)cnn5C5COC5)[C@@H]5C[C@@H]54)nc(C(F)(F)F)n3)[C@@H]2C)CC1. The molecule has 0 unspecified atom stereocenters. The third-order valence-corrected chi connectivity index (χ3v) is 9.99. The summed E-state index contributed by atoms with van der Waals surface area (Å²) >= 11 is 0. The molecule has 2 aromatic rings. The predicted molar refractivity (Wildman–Crippen MR) is 149 cm³/mol. The van der Waals surface area contributed by atoms with E-state index in [9.17, 15) is 18.0 Å². The predicted octanol–water partition coefficient (Wildman–Crippen LogP) is 2.86. The molecule has 13 heteroatoms. The van der Waals surface area contributed by atoms with Gasteiger partial charge in [0, 0.05) is 75.1 Å². The Morgan fingerprint density at radius 2 is 1.79 bits per heavy atom. The number of ether oxygens (including phenoxy) is 1. The molecule has 0 aromatic carbocycles. The van der Waals surface area contributed by atoms with E-state index in [-0.39, 0.29) is 30.1 Å². The number of alkyl halides is 3. The second-order valence-corrected chi connectivity index (χ2v) is 12.3. The van der Waals surface area contributed by atoms with Gasteiger partial charge in [0.15, 0.2) is 0 Å². The van der Waals surface area contributed by atoms with Crippen LogP contribution in [-0.4, -0.2) is 106 Å². The summed E-state index contributed by atoms with van der Waals surface area (Å²) in [6.07, 6.45) is 0.388. The number of nitrogens with zero attached hydrogens (tertiary/aromatic N) is 8. The van der Waals surface area contributed by atoms with E-state index < -0.39 is 12.0 Å². The number of rotatable bonds is 6. The van der Waals surface area contributed by atoms with E-state index in [4.69, 9.17) is 4.74 Å². The second kappa shape index (κ2) is 10.2. The maximum atomic E-state index is 14.0. The lowest BCUT2D eigenvalue weighted by Gasteiger charge is -2.53. The van der Waals surface area contributed by atoms with Gasteiger partial charge in [-0.3, -0.25) is 14.4 Å². The van der Waals surface area contributed by atoms with Crippen LogP contribution in [0.1, 0.15) is 48.8 Å². The van der Waals surface area contributed by atoms with Gasteiger partial charge in [0.2, 0.25) is 11.7 Å². The summed E-state index contributed by atoms with van der Waals surface area (Å²) in [5.41, 5.74) is 2.43. The third-order valence-electron chi connectivity index (χ3n) is 9.99. The summed E-state index contributed by atoms with van der Waals surface area (Å²) in [5, 5.41) is 4.64. The van der Waals surface area contributed by atoms with Crippen LogP contribution in [0.4, 0.5) is 24.8 Å². The van der Waals surface area contributed by atoms with Gasteiger partial charge in [-0.1, -0.05) is 6.58 Å². The number of carbonyl (C=O) groups excluding carboxylic acids is 1. The number of piperazine rings is 1. The molecule has 0 bridgehead atoms. The Bertz CT molecular complexity index is 1370. The van der Waals surface area contributed by atoms with Gasteiger partial charge >= 0.3 is 6.18 Å². The van der Waals surface area contributed by atoms with E-state index in [1.165, 1.54) is 17.3 Å². The average molecular weight is 587 g/mol. The fraction of sp³-hybridized carbons (Fsp3) is 0.655. The third kappa shape index (κ3) is 4.64. The van der Waals surface area contributed by atoms with Gasteiger partial charge in [0.1, 0.15) is 11.6 Å². The van der Waals surface area contributed by atoms with Crippen molar-refractivity contribution >= 4 is 17.5 Å². The van der Waals surface area contributed by atoms with Crippen molar-refractivity contribution in [2.24, 2.45) is 5.92 Å². The quantitative estimate of drug-likeness (QED) is 0.478. The van der Waals surface area contributed by atoms with E-state index in [2.05, 4.69) is 43.1 Å². The lowest BCUT2D eigenvalue weighted by atomic mass is 9.90. The minimum Gasteiger partial charge on any atom is -0.377 e. The Kier molecular flexibility index (Phi) is 6.72. The molecule has 1 amide bonds. The van der Waals surface area contributed by atoms with Crippen LogP contribution >= 0.6 is 0 Å². The lowest BCUT2D eigenvalue weighted by Crippen LogP contribution is -2.68. The Morgan fingerprint density at radius 1 is 1.07 bits per heavy atom. The molecule has 4 aliphatic heterocycles. The number of aryl methyl sites for hydroxylation is 1. The Labute approximate surface area is 243 Å². The summed E-state index contributed by atoms with van der Waals surface area (Å²) in [7, 11) is 0. The lowest BCUT2D eigenvalue weighted by molar-refractivity contribution is -0.144. The van der Waals surface area contributed by atoms with Gasteiger partial charge in [0.05, 0.1) is 25.5 Å². The number of amides is 1. The first-order valence-electron chi connectivity index (χ1n) is 14.9. The molecule has 0 spiro atoms. The standard InChI is InChI=1S/C29H37F3N8O2/c1-4-26(41)37-9-7-36(8-10-37)23-14-39(18(23)3)25-12-24(34-28(35-25)29(30,31)32)38-6-5-20(21-11-22(21)38)27-17(2)13-33-40(27)19-15-42-16-19/h4,12-13,18-23H,1,5-11,14-16H2,2-3H3/t18-,20+,21+,22+,23-/m1/s1. The summed E-state index contributed by atoms with van der Waals surface area (Å²) in [4.78, 5) is 28.1. The monoisotopic (exact) mass is 586 g/mol. The molecule has 10 nitrogen and oxygen atoms in total. The summed E-state index contributed by atoms with van der Waals surface area (Å²) < 4.78 is 49.6. The number of halogens is 3. The van der Waals surface area contributed by atoms with E-state index >= 15 is 0 Å². The van der Waals surface area contributed by atoms with Gasteiger partial charge in [-0.25, -0.2) is 9.97 Å². The largest absolute Gasteiger partial charge is 0.451 e. The van der Waals surface area contributed by atoms with Crippen molar-refractivity contribution in [1.82, 2.24) is 29.5 Å². The highest BCUT2D eigenvalue weighted by molar-refractivity contribution is 5.87. The molecular formula is C29H37F3N8O2. The van der Waals surface area contributed by atoms with Crippen LogP contribution in [-0.2, 0) is 15.7 Å². The molecule has 0 N–H and O–H groups in total. The van der Waals surface area contributed by atoms with E-state index in [1.54, 1.807) is 11.0 Å². The molecule has 226 valence electrons. The first kappa shape index (κ1) is 27.6. The normalized spacial score (nSPS) is 30.0. The van der Waals surface area contributed by atoms with E-state index in [0.29, 0.717) is 62.9 Å². The second-order valence-electron chi connectivity index (χ2n) is 12.3. The molecule has 0 radical (unpaired) electrons. The van der Waals surface area contributed by atoms with Crippen molar-refractivity contribution in [2.75, 3.05) is 62.3 Å². The smallest absolute Gasteiger partial charge is 0.377 e. The molecule has 5 aliphatic rings. The Morgan fingerprint density at radius 3 is 2.40 bits per heavy atom. The number of hydrogen-bond acceptors (Lipinski definition) is 8. The highest BCUT2D eigenvalue weighted by Crippen LogP contribution is 2.53. The number of hydrogen-bond donors (Lipinski definition) is 0. The summed E-state index contributed by atoms with van der Waals surface area (Å²) in [6, 6.07) is 2.36. The minimum atomic E-state index is -4.64. The van der Waals surface area contributed by atoms with Crippen molar-refractivity contribution < 1.29 is 22.7 Å². The van der Waals surface area contributed by atoms with Crippen molar-refractivity contribution in [3.8, 4) is 0 Å². The topological polar surface area (TPSA) is 82.9 Å². The molecule has 5 fully saturated rings. The Hall–Kier alpha value is -3.19. The molecular weight excluding hydrogens is 549 g/mol. The zero-order valence-electron chi connectivity index (χ0n) is 24.0. The fourth-order valence-electron chi connectivity index (χ4n) is 7.41. The van der Waals surface area contributed by atoms with E-state index in [1.807, 2.05) is 18.0 Å².